The highest BCUT2D eigenvalue weighted by Gasteiger charge is 2.42. The van der Waals surface area contributed by atoms with Crippen LogP contribution in [0.5, 0.6) is 5.75 Å². The summed E-state index contributed by atoms with van der Waals surface area (Å²) >= 11 is 0. The van der Waals surface area contributed by atoms with Crippen molar-refractivity contribution in [2.24, 2.45) is 5.92 Å². The van der Waals surface area contributed by atoms with Gasteiger partial charge >= 0.3 is 6.11 Å². The highest BCUT2D eigenvalue weighted by Crippen LogP contribution is 2.41. The molecule has 1 aliphatic carbocycles. The second kappa shape index (κ2) is 8.86. The third-order valence-electron chi connectivity index (χ3n) is 5.57. The Balaban J connectivity index is 1.82. The summed E-state index contributed by atoms with van der Waals surface area (Å²) in [6, 6.07) is 2.05. The van der Waals surface area contributed by atoms with Crippen molar-refractivity contribution in [2.45, 2.75) is 57.5 Å². The second-order valence-electron chi connectivity index (χ2n) is 7.69. The summed E-state index contributed by atoms with van der Waals surface area (Å²) in [6.07, 6.45) is 0.817. The van der Waals surface area contributed by atoms with Crippen LogP contribution in [0.15, 0.2) is 24.3 Å². The van der Waals surface area contributed by atoms with Gasteiger partial charge in [0.1, 0.15) is 22.9 Å². The van der Waals surface area contributed by atoms with E-state index in [0.29, 0.717) is 24.3 Å². The first-order chi connectivity index (χ1) is 14.1. The van der Waals surface area contributed by atoms with Gasteiger partial charge in [-0.1, -0.05) is 19.8 Å². The van der Waals surface area contributed by atoms with Gasteiger partial charge < -0.3 is 4.74 Å². The molecule has 2 aromatic carbocycles. The van der Waals surface area contributed by atoms with Crippen LogP contribution < -0.4 is 4.74 Å². The molecule has 0 radical (unpaired) electrons. The fourth-order valence-corrected chi connectivity index (χ4v) is 4.09. The maximum Gasteiger partial charge on any atom is 0.432 e. The van der Waals surface area contributed by atoms with Crippen molar-refractivity contribution in [2.75, 3.05) is 0 Å². The summed E-state index contributed by atoms with van der Waals surface area (Å²) in [5.74, 6) is -9.12. The molecule has 0 saturated heterocycles. The molecule has 1 nitrogen and oxygen atoms in total. The average molecular weight is 434 g/mol. The summed E-state index contributed by atoms with van der Waals surface area (Å²) in [5, 5.41) is 0. The van der Waals surface area contributed by atoms with Gasteiger partial charge in [0, 0.05) is 12.1 Å². The third kappa shape index (κ3) is 4.73. The van der Waals surface area contributed by atoms with Crippen LogP contribution in [0.1, 0.15) is 62.5 Å². The fraction of sp³-hybridized carbons (Fsp3) is 0.455. The SMILES string of the molecule is CCCC1CCC(c2cc(F)c(C(F)(F)Oc3cc(F)c(F)c(F)c3)c(F)c2)CC1. The van der Waals surface area contributed by atoms with Gasteiger partial charge in [-0.15, -0.1) is 0 Å². The molecule has 0 N–H and O–H groups in total. The van der Waals surface area contributed by atoms with Crippen LogP contribution in [0.2, 0.25) is 0 Å². The van der Waals surface area contributed by atoms with Crippen molar-refractivity contribution in [1.82, 2.24) is 0 Å². The molecular weight excluding hydrogens is 413 g/mol. The third-order valence-corrected chi connectivity index (χ3v) is 5.57. The zero-order valence-electron chi connectivity index (χ0n) is 16.3. The standard InChI is InChI=1S/C22H21F7O/c1-2-3-12-4-6-13(7-5-12)14-8-16(23)20(17(24)9-14)22(28,29)30-15-10-18(25)21(27)19(26)11-15/h8-13H,2-7H2,1H3. The van der Waals surface area contributed by atoms with E-state index in [-0.39, 0.29) is 18.1 Å². The molecule has 0 unspecified atom stereocenters. The highest BCUT2D eigenvalue weighted by atomic mass is 19.3. The van der Waals surface area contributed by atoms with E-state index < -0.39 is 46.5 Å². The molecule has 2 aromatic rings. The minimum Gasteiger partial charge on any atom is -0.429 e. The highest BCUT2D eigenvalue weighted by molar-refractivity contribution is 5.33. The van der Waals surface area contributed by atoms with E-state index >= 15 is 0 Å². The Hall–Kier alpha value is -2.25. The lowest BCUT2D eigenvalue weighted by Crippen LogP contribution is -2.26. The van der Waals surface area contributed by atoms with Crippen LogP contribution in [-0.2, 0) is 6.11 Å². The number of ether oxygens (including phenoxy) is 1. The molecule has 30 heavy (non-hydrogen) atoms. The number of hydrogen-bond acceptors (Lipinski definition) is 1. The molecular formula is C22H21F7O. The van der Waals surface area contributed by atoms with E-state index in [1.54, 1.807) is 0 Å². The first kappa shape index (κ1) is 22.4. The van der Waals surface area contributed by atoms with Gasteiger partial charge in [0.05, 0.1) is 0 Å². The molecule has 8 heteroatoms. The van der Waals surface area contributed by atoms with Gasteiger partial charge in [0.15, 0.2) is 17.5 Å². The lowest BCUT2D eigenvalue weighted by molar-refractivity contribution is -0.189. The van der Waals surface area contributed by atoms with Crippen molar-refractivity contribution in [3.63, 3.8) is 0 Å². The number of rotatable bonds is 6. The zero-order valence-corrected chi connectivity index (χ0v) is 16.3. The van der Waals surface area contributed by atoms with Gasteiger partial charge in [-0.25, -0.2) is 22.0 Å². The Labute approximate surface area is 169 Å². The summed E-state index contributed by atoms with van der Waals surface area (Å²) in [4.78, 5) is 0. The molecule has 0 amide bonds. The molecule has 1 saturated carbocycles. The van der Waals surface area contributed by atoms with Gasteiger partial charge in [-0.05, 0) is 55.2 Å². The molecule has 0 heterocycles. The smallest absolute Gasteiger partial charge is 0.429 e. The lowest BCUT2D eigenvalue weighted by atomic mass is 9.77. The van der Waals surface area contributed by atoms with E-state index in [1.807, 2.05) is 0 Å². The van der Waals surface area contributed by atoms with Crippen LogP contribution in [0, 0.1) is 35.0 Å². The second-order valence-corrected chi connectivity index (χ2v) is 7.69. The molecule has 0 bridgehead atoms. The van der Waals surface area contributed by atoms with Crippen LogP contribution in [0.25, 0.3) is 0 Å². The van der Waals surface area contributed by atoms with E-state index in [2.05, 4.69) is 11.7 Å². The van der Waals surface area contributed by atoms with Gasteiger partial charge in [0.25, 0.3) is 0 Å². The molecule has 0 spiro atoms. The van der Waals surface area contributed by atoms with E-state index in [4.69, 9.17) is 0 Å². The topological polar surface area (TPSA) is 9.23 Å². The first-order valence-electron chi connectivity index (χ1n) is 9.83. The van der Waals surface area contributed by atoms with Gasteiger partial charge in [-0.3, -0.25) is 0 Å². The van der Waals surface area contributed by atoms with E-state index in [0.717, 1.165) is 37.8 Å². The number of alkyl halides is 2. The number of benzene rings is 2. The predicted molar refractivity (Wildman–Crippen MR) is 96.8 cm³/mol. The lowest BCUT2D eigenvalue weighted by Gasteiger charge is -2.29. The van der Waals surface area contributed by atoms with Gasteiger partial charge in [-0.2, -0.15) is 8.78 Å². The molecule has 1 fully saturated rings. The maximum absolute atomic E-state index is 14.5. The fourth-order valence-electron chi connectivity index (χ4n) is 4.09. The molecule has 164 valence electrons. The summed E-state index contributed by atoms with van der Waals surface area (Å²) < 4.78 is 101. The Morgan fingerprint density at radius 2 is 1.37 bits per heavy atom. The molecule has 3 rings (SSSR count). The van der Waals surface area contributed by atoms with Crippen molar-refractivity contribution in [1.29, 1.82) is 0 Å². The van der Waals surface area contributed by atoms with Crippen molar-refractivity contribution in [3.05, 3.63) is 64.5 Å². The minimum atomic E-state index is -4.57. The Bertz CT molecular complexity index is 858. The normalized spacial score (nSPS) is 19.7. The first-order valence-corrected chi connectivity index (χ1v) is 9.83. The summed E-state index contributed by atoms with van der Waals surface area (Å²) in [5.41, 5.74) is -1.38. The largest absolute Gasteiger partial charge is 0.432 e. The molecule has 0 atom stereocenters. The van der Waals surface area contributed by atoms with Crippen molar-refractivity contribution < 1.29 is 35.5 Å². The van der Waals surface area contributed by atoms with E-state index in [9.17, 15) is 30.7 Å². The molecule has 0 aliphatic heterocycles. The van der Waals surface area contributed by atoms with Crippen LogP contribution in [0.3, 0.4) is 0 Å². The van der Waals surface area contributed by atoms with Crippen LogP contribution in [0.4, 0.5) is 30.7 Å². The zero-order chi connectivity index (χ0) is 22.1. The van der Waals surface area contributed by atoms with Crippen LogP contribution >= 0.6 is 0 Å². The Morgan fingerprint density at radius 1 is 0.833 bits per heavy atom. The number of halogens is 7. The van der Waals surface area contributed by atoms with Crippen molar-refractivity contribution >= 4 is 0 Å². The minimum absolute atomic E-state index is 0.133. The van der Waals surface area contributed by atoms with Gasteiger partial charge in [0.2, 0.25) is 0 Å². The average Bonchev–Trinajstić information content (AvgIpc) is 2.65. The number of hydrogen-bond donors (Lipinski definition) is 0. The summed E-state index contributed by atoms with van der Waals surface area (Å²) in [6.45, 7) is 2.09. The predicted octanol–water partition coefficient (Wildman–Crippen LogP) is 7.58. The quantitative estimate of drug-likeness (QED) is 0.336. The molecule has 1 aliphatic rings. The van der Waals surface area contributed by atoms with Crippen molar-refractivity contribution in [3.8, 4) is 5.75 Å². The monoisotopic (exact) mass is 434 g/mol. The summed E-state index contributed by atoms with van der Waals surface area (Å²) in [7, 11) is 0. The van der Waals surface area contributed by atoms with E-state index in [1.165, 1.54) is 0 Å². The Kier molecular flexibility index (Phi) is 6.62. The Morgan fingerprint density at radius 3 is 1.87 bits per heavy atom. The van der Waals surface area contributed by atoms with Crippen LogP contribution in [-0.4, -0.2) is 0 Å². The molecule has 0 aromatic heterocycles. The maximum atomic E-state index is 14.5.